The monoisotopic (exact) mass is 575 g/mol. The summed E-state index contributed by atoms with van der Waals surface area (Å²) >= 11 is 12.2. The quantitative estimate of drug-likeness (QED) is 0.336. The lowest BCUT2D eigenvalue weighted by molar-refractivity contribution is -0.139. The normalized spacial score (nSPS) is 12.0. The summed E-state index contributed by atoms with van der Waals surface area (Å²) in [7, 11) is -4.10. The zero-order chi connectivity index (χ0) is 27.9. The molecule has 0 radical (unpaired) electrons. The molecule has 0 aliphatic rings. The van der Waals surface area contributed by atoms with E-state index in [4.69, 9.17) is 23.2 Å². The number of nitrogens with one attached hydrogen (secondary N) is 1. The number of likely N-dealkylation sites (N-methyl/N-ethyl adjacent to an activating group) is 1. The van der Waals surface area contributed by atoms with Gasteiger partial charge in [0.15, 0.2) is 0 Å². The summed E-state index contributed by atoms with van der Waals surface area (Å²) in [6, 6.07) is 19.0. The lowest BCUT2D eigenvalue weighted by Gasteiger charge is -2.32. The molecule has 0 spiro atoms. The fraction of sp³-hybridized carbons (Fsp3) is 0.286. The lowest BCUT2D eigenvalue weighted by Crippen LogP contribution is -2.51. The highest BCUT2D eigenvalue weighted by Gasteiger charge is 2.32. The number of benzene rings is 3. The molecule has 0 saturated heterocycles. The molecule has 1 N–H and O–H groups in total. The summed E-state index contributed by atoms with van der Waals surface area (Å²) in [5.74, 6) is -0.903. The van der Waals surface area contributed by atoms with Crippen molar-refractivity contribution in [3.8, 4) is 0 Å². The average molecular weight is 577 g/mol. The molecular weight excluding hydrogens is 545 g/mol. The number of rotatable bonds is 11. The molecule has 3 rings (SSSR count). The topological polar surface area (TPSA) is 86.8 Å². The summed E-state index contributed by atoms with van der Waals surface area (Å²) in [4.78, 5) is 28.0. The van der Waals surface area contributed by atoms with Gasteiger partial charge in [0.25, 0.3) is 10.0 Å². The van der Waals surface area contributed by atoms with Crippen LogP contribution in [0.5, 0.6) is 0 Å². The first kappa shape index (κ1) is 29.5. The minimum atomic E-state index is -4.10. The molecule has 38 heavy (non-hydrogen) atoms. The predicted molar refractivity (Wildman–Crippen MR) is 152 cm³/mol. The van der Waals surface area contributed by atoms with Crippen LogP contribution in [-0.4, -0.2) is 44.3 Å². The van der Waals surface area contributed by atoms with E-state index in [1.54, 1.807) is 62.4 Å². The first-order valence-corrected chi connectivity index (χ1v) is 14.5. The van der Waals surface area contributed by atoms with Crippen LogP contribution in [-0.2, 0) is 32.6 Å². The number of hydrogen-bond donors (Lipinski definition) is 1. The fourth-order valence-corrected chi connectivity index (χ4v) is 5.64. The molecule has 0 aliphatic carbocycles. The number of carbonyl (C=O) groups is 2. The van der Waals surface area contributed by atoms with Gasteiger partial charge >= 0.3 is 0 Å². The molecular formula is C28H31Cl2N3O4S. The van der Waals surface area contributed by atoms with Gasteiger partial charge in [-0.25, -0.2) is 8.42 Å². The highest BCUT2D eigenvalue weighted by atomic mass is 35.5. The zero-order valence-corrected chi connectivity index (χ0v) is 23.9. The predicted octanol–water partition coefficient (Wildman–Crippen LogP) is 5.30. The van der Waals surface area contributed by atoms with Crippen molar-refractivity contribution < 1.29 is 18.0 Å². The summed E-state index contributed by atoms with van der Waals surface area (Å²) in [6.07, 6.45) is 0.784. The van der Waals surface area contributed by atoms with Gasteiger partial charge in [-0.1, -0.05) is 66.5 Å². The smallest absolute Gasteiger partial charge is 0.264 e. The van der Waals surface area contributed by atoms with Crippen molar-refractivity contribution in [2.45, 2.75) is 44.7 Å². The van der Waals surface area contributed by atoms with Crippen LogP contribution in [0.1, 0.15) is 31.9 Å². The van der Waals surface area contributed by atoms with Crippen LogP contribution < -0.4 is 9.62 Å². The fourth-order valence-electron chi connectivity index (χ4n) is 3.89. The van der Waals surface area contributed by atoms with Crippen LogP contribution in [0.25, 0.3) is 0 Å². The van der Waals surface area contributed by atoms with Crippen molar-refractivity contribution in [3.05, 3.63) is 94.0 Å². The molecule has 0 bridgehead atoms. The Morgan fingerprint density at radius 2 is 1.53 bits per heavy atom. The summed E-state index contributed by atoms with van der Waals surface area (Å²) in [5.41, 5.74) is 2.02. The van der Waals surface area contributed by atoms with E-state index >= 15 is 0 Å². The molecule has 0 unspecified atom stereocenters. The average Bonchev–Trinajstić information content (AvgIpc) is 2.92. The van der Waals surface area contributed by atoms with Crippen molar-refractivity contribution in [2.24, 2.45) is 0 Å². The Hall–Kier alpha value is -3.07. The number of anilines is 1. The Morgan fingerprint density at radius 1 is 0.895 bits per heavy atom. The summed E-state index contributed by atoms with van der Waals surface area (Å²) < 4.78 is 28.6. The van der Waals surface area contributed by atoms with Crippen LogP contribution in [0.4, 0.5) is 5.69 Å². The second-order valence-corrected chi connectivity index (χ2v) is 11.4. The second kappa shape index (κ2) is 13.1. The number of amides is 2. The Labute approximate surface area is 234 Å². The highest BCUT2D eigenvalue weighted by Crippen LogP contribution is 2.26. The van der Waals surface area contributed by atoms with Crippen LogP contribution in [0.2, 0.25) is 10.0 Å². The van der Waals surface area contributed by atoms with Gasteiger partial charge in [-0.3, -0.25) is 13.9 Å². The molecule has 0 fully saturated rings. The Kier molecular flexibility index (Phi) is 10.2. The van der Waals surface area contributed by atoms with Gasteiger partial charge in [0, 0.05) is 13.1 Å². The van der Waals surface area contributed by atoms with E-state index in [9.17, 15) is 18.0 Å². The Bertz CT molecular complexity index is 1370. The number of sulfonamides is 1. The molecule has 10 heteroatoms. The van der Waals surface area contributed by atoms with Gasteiger partial charge in [0.2, 0.25) is 11.8 Å². The minimum absolute atomic E-state index is 0.0298. The molecule has 1 atom stereocenters. The van der Waals surface area contributed by atoms with Crippen molar-refractivity contribution in [2.75, 3.05) is 17.4 Å². The molecule has 0 saturated carbocycles. The summed E-state index contributed by atoms with van der Waals surface area (Å²) in [5, 5.41) is 3.40. The first-order valence-electron chi connectivity index (χ1n) is 12.3. The van der Waals surface area contributed by atoms with Crippen molar-refractivity contribution in [1.82, 2.24) is 10.2 Å². The molecule has 202 valence electrons. The number of nitrogens with zero attached hydrogens (tertiary/aromatic N) is 2. The standard InChI is InChI=1S/C28H31Cl2N3O4S/c1-4-21-11-14-23(15-12-21)33(38(36,37)24-9-7-6-8-10-24)19-27(34)32(20(3)28(35)31-5-2)18-22-13-16-25(29)26(30)17-22/h6-17,20H,4-5,18-19H2,1-3H3,(H,31,35)/t20-/m1/s1. The van der Waals surface area contributed by atoms with Gasteiger partial charge < -0.3 is 10.2 Å². The van der Waals surface area contributed by atoms with E-state index in [1.165, 1.54) is 17.0 Å². The molecule has 3 aromatic rings. The summed E-state index contributed by atoms with van der Waals surface area (Å²) in [6.45, 7) is 5.29. The third kappa shape index (κ3) is 7.07. The molecule has 3 aromatic carbocycles. The van der Waals surface area contributed by atoms with Crippen molar-refractivity contribution in [1.29, 1.82) is 0 Å². The number of halogens is 2. The van der Waals surface area contributed by atoms with E-state index in [0.717, 1.165) is 16.3 Å². The van der Waals surface area contributed by atoms with E-state index in [1.807, 2.05) is 19.1 Å². The van der Waals surface area contributed by atoms with Gasteiger partial charge in [0.05, 0.1) is 20.6 Å². The van der Waals surface area contributed by atoms with Crippen LogP contribution in [0.3, 0.4) is 0 Å². The van der Waals surface area contributed by atoms with Crippen LogP contribution >= 0.6 is 23.2 Å². The van der Waals surface area contributed by atoms with Gasteiger partial charge in [-0.15, -0.1) is 0 Å². The minimum Gasteiger partial charge on any atom is -0.355 e. The third-order valence-electron chi connectivity index (χ3n) is 6.10. The van der Waals surface area contributed by atoms with E-state index in [-0.39, 0.29) is 17.3 Å². The number of carbonyl (C=O) groups excluding carboxylic acids is 2. The van der Waals surface area contributed by atoms with Gasteiger partial charge in [-0.2, -0.15) is 0 Å². The molecule has 0 heterocycles. The second-order valence-electron chi connectivity index (χ2n) is 8.69. The number of hydrogen-bond acceptors (Lipinski definition) is 4. The maximum atomic E-state index is 13.8. The van der Waals surface area contributed by atoms with Crippen LogP contribution in [0.15, 0.2) is 77.7 Å². The maximum absolute atomic E-state index is 13.8. The molecule has 2 amide bonds. The van der Waals surface area contributed by atoms with E-state index in [2.05, 4.69) is 5.32 Å². The van der Waals surface area contributed by atoms with Gasteiger partial charge in [-0.05, 0) is 67.8 Å². The van der Waals surface area contributed by atoms with E-state index in [0.29, 0.717) is 27.8 Å². The Morgan fingerprint density at radius 3 is 2.11 bits per heavy atom. The number of aryl methyl sites for hydroxylation is 1. The highest BCUT2D eigenvalue weighted by molar-refractivity contribution is 7.92. The molecule has 7 nitrogen and oxygen atoms in total. The van der Waals surface area contributed by atoms with Gasteiger partial charge in [0.1, 0.15) is 12.6 Å². The SMILES string of the molecule is CCNC(=O)[C@@H](C)N(Cc1ccc(Cl)c(Cl)c1)C(=O)CN(c1ccc(CC)cc1)S(=O)(=O)c1ccccc1. The Balaban J connectivity index is 2.03. The first-order chi connectivity index (χ1) is 18.1. The largest absolute Gasteiger partial charge is 0.355 e. The third-order valence-corrected chi connectivity index (χ3v) is 8.62. The van der Waals surface area contributed by atoms with E-state index < -0.39 is 28.5 Å². The zero-order valence-electron chi connectivity index (χ0n) is 21.5. The van der Waals surface area contributed by atoms with Crippen LogP contribution in [0, 0.1) is 0 Å². The van der Waals surface area contributed by atoms with Crippen molar-refractivity contribution in [3.63, 3.8) is 0 Å². The molecule has 0 aliphatic heterocycles. The lowest BCUT2D eigenvalue weighted by atomic mass is 10.1. The molecule has 0 aromatic heterocycles. The maximum Gasteiger partial charge on any atom is 0.264 e. The van der Waals surface area contributed by atoms with Crippen molar-refractivity contribution >= 4 is 50.7 Å².